The van der Waals surface area contributed by atoms with Gasteiger partial charge in [-0.15, -0.1) is 0 Å². The van der Waals surface area contributed by atoms with Crippen LogP contribution in [0.4, 0.5) is 0 Å². The van der Waals surface area contributed by atoms with Crippen LogP contribution in [0.1, 0.15) is 41.0 Å². The molecule has 3 heteroatoms. The summed E-state index contributed by atoms with van der Waals surface area (Å²) in [6.45, 7) is 10.0. The molecule has 0 fully saturated rings. The molecule has 0 aliphatic carbocycles. The van der Waals surface area contributed by atoms with E-state index in [2.05, 4.69) is 28.8 Å². The summed E-state index contributed by atoms with van der Waals surface area (Å²) in [4.78, 5) is 13.1. The van der Waals surface area contributed by atoms with E-state index in [1.807, 2.05) is 20.8 Å². The van der Waals surface area contributed by atoms with Gasteiger partial charge in [0.2, 0.25) is 0 Å². The van der Waals surface area contributed by atoms with Crippen LogP contribution in [-0.4, -0.2) is 17.4 Å². The van der Waals surface area contributed by atoms with Crippen LogP contribution in [0.15, 0.2) is 26.2 Å². The fourth-order valence-electron chi connectivity index (χ4n) is 1.19. The van der Waals surface area contributed by atoms with Gasteiger partial charge in [0.25, 0.3) is 0 Å². The summed E-state index contributed by atoms with van der Waals surface area (Å²) in [5, 5.41) is 0. The maximum absolute atomic E-state index is 4.38. The highest BCUT2D eigenvalue weighted by Crippen LogP contribution is 2.18. The second-order valence-electron chi connectivity index (χ2n) is 3.64. The van der Waals surface area contributed by atoms with E-state index in [1.54, 1.807) is 0 Å². The SMILES string of the molecule is CC/C(C)=C1/N=C(C)N=C1N=C(C)C. The van der Waals surface area contributed by atoms with E-state index >= 15 is 0 Å². The topological polar surface area (TPSA) is 37.1 Å². The van der Waals surface area contributed by atoms with Gasteiger partial charge in [0.1, 0.15) is 11.5 Å². The summed E-state index contributed by atoms with van der Waals surface area (Å²) in [5.74, 6) is 1.56. The molecule has 1 rings (SSSR count). The maximum atomic E-state index is 4.38. The number of hydrogen-bond donors (Lipinski definition) is 0. The van der Waals surface area contributed by atoms with Crippen LogP contribution in [0.3, 0.4) is 0 Å². The number of hydrogen-bond acceptors (Lipinski definition) is 3. The second kappa shape index (κ2) is 4.31. The fraction of sp³-hybridized carbons (Fsp3) is 0.545. The summed E-state index contributed by atoms with van der Waals surface area (Å²) in [5.41, 5.74) is 3.20. The lowest BCUT2D eigenvalue weighted by Crippen LogP contribution is -1.99. The fourth-order valence-corrected chi connectivity index (χ4v) is 1.19. The Morgan fingerprint density at radius 2 is 1.86 bits per heavy atom. The standard InChI is InChI=1S/C11H17N3/c1-6-8(4)10-11(12-7(2)3)14-9(5)13-10/h6H2,1-5H3/b10-8+. The van der Waals surface area contributed by atoms with E-state index in [9.17, 15) is 0 Å². The van der Waals surface area contributed by atoms with Gasteiger partial charge < -0.3 is 0 Å². The molecule has 0 aromatic heterocycles. The highest BCUT2D eigenvalue weighted by molar-refractivity contribution is 6.15. The molecular weight excluding hydrogens is 174 g/mol. The van der Waals surface area contributed by atoms with Crippen molar-refractivity contribution in [1.82, 2.24) is 0 Å². The lowest BCUT2D eigenvalue weighted by Gasteiger charge is -2.00. The molecule has 0 radical (unpaired) electrons. The summed E-state index contributed by atoms with van der Waals surface area (Å²) in [7, 11) is 0. The Morgan fingerprint density at radius 3 is 2.36 bits per heavy atom. The van der Waals surface area contributed by atoms with Crippen LogP contribution in [0.5, 0.6) is 0 Å². The number of rotatable bonds is 1. The molecule has 1 heterocycles. The minimum atomic E-state index is 0.766. The van der Waals surface area contributed by atoms with Gasteiger partial charge in [0.05, 0.1) is 0 Å². The van der Waals surface area contributed by atoms with Crippen LogP contribution >= 0.6 is 0 Å². The molecule has 0 atom stereocenters. The third-order valence-electron chi connectivity index (χ3n) is 2.02. The van der Waals surface area contributed by atoms with Gasteiger partial charge in [-0.1, -0.05) is 6.92 Å². The molecule has 0 saturated heterocycles. The van der Waals surface area contributed by atoms with Crippen molar-refractivity contribution < 1.29 is 0 Å². The molecule has 0 amide bonds. The normalized spacial score (nSPS) is 18.9. The monoisotopic (exact) mass is 191 g/mol. The van der Waals surface area contributed by atoms with Crippen LogP contribution in [0, 0.1) is 0 Å². The van der Waals surface area contributed by atoms with E-state index in [4.69, 9.17) is 0 Å². The Kier molecular flexibility index (Phi) is 3.33. The first-order valence-corrected chi connectivity index (χ1v) is 4.90. The van der Waals surface area contributed by atoms with E-state index in [0.717, 1.165) is 29.5 Å². The van der Waals surface area contributed by atoms with Crippen molar-refractivity contribution >= 4 is 17.4 Å². The van der Waals surface area contributed by atoms with Crippen molar-refractivity contribution in [3.63, 3.8) is 0 Å². The molecule has 1 aliphatic rings. The molecule has 0 N–H and O–H groups in total. The van der Waals surface area contributed by atoms with Crippen LogP contribution in [0.25, 0.3) is 0 Å². The Bertz CT molecular complexity index is 353. The molecule has 0 bridgehead atoms. The van der Waals surface area contributed by atoms with Crippen molar-refractivity contribution in [2.75, 3.05) is 0 Å². The molecule has 76 valence electrons. The summed E-state index contributed by atoms with van der Waals surface area (Å²) in [6, 6.07) is 0. The van der Waals surface area contributed by atoms with E-state index in [0.29, 0.717) is 0 Å². The lowest BCUT2D eigenvalue weighted by molar-refractivity contribution is 1.07. The van der Waals surface area contributed by atoms with Gasteiger partial charge in [-0.25, -0.2) is 15.0 Å². The predicted molar refractivity (Wildman–Crippen MR) is 62.3 cm³/mol. The zero-order chi connectivity index (χ0) is 10.7. The van der Waals surface area contributed by atoms with E-state index in [-0.39, 0.29) is 0 Å². The first-order valence-electron chi connectivity index (χ1n) is 4.90. The van der Waals surface area contributed by atoms with Crippen LogP contribution in [-0.2, 0) is 0 Å². The van der Waals surface area contributed by atoms with Crippen molar-refractivity contribution in [2.24, 2.45) is 15.0 Å². The molecule has 1 aliphatic heterocycles. The molecular formula is C11H17N3. The Hall–Kier alpha value is -1.25. The second-order valence-corrected chi connectivity index (χ2v) is 3.64. The summed E-state index contributed by atoms with van der Waals surface area (Å²) in [6.07, 6.45) is 0.989. The van der Waals surface area contributed by atoms with Crippen molar-refractivity contribution in [2.45, 2.75) is 41.0 Å². The predicted octanol–water partition coefficient (Wildman–Crippen LogP) is 2.98. The molecule has 14 heavy (non-hydrogen) atoms. The smallest absolute Gasteiger partial charge is 0.179 e. The molecule has 0 saturated carbocycles. The zero-order valence-electron chi connectivity index (χ0n) is 9.55. The largest absolute Gasteiger partial charge is 0.237 e. The molecule has 0 spiro atoms. The van der Waals surface area contributed by atoms with Crippen molar-refractivity contribution in [1.29, 1.82) is 0 Å². The lowest BCUT2D eigenvalue weighted by atomic mass is 10.2. The van der Waals surface area contributed by atoms with Crippen LogP contribution in [0.2, 0.25) is 0 Å². The number of allylic oxidation sites excluding steroid dienone is 1. The van der Waals surface area contributed by atoms with Gasteiger partial charge in [0, 0.05) is 5.71 Å². The van der Waals surface area contributed by atoms with Gasteiger partial charge in [0.15, 0.2) is 5.84 Å². The van der Waals surface area contributed by atoms with Gasteiger partial charge in [-0.3, -0.25) is 0 Å². The van der Waals surface area contributed by atoms with Gasteiger partial charge in [-0.05, 0) is 39.7 Å². The van der Waals surface area contributed by atoms with Crippen molar-refractivity contribution in [3.8, 4) is 0 Å². The maximum Gasteiger partial charge on any atom is 0.179 e. The summed E-state index contributed by atoms with van der Waals surface area (Å²) >= 11 is 0. The van der Waals surface area contributed by atoms with E-state index in [1.165, 1.54) is 5.57 Å². The van der Waals surface area contributed by atoms with E-state index < -0.39 is 0 Å². The Morgan fingerprint density at radius 1 is 1.21 bits per heavy atom. The molecule has 3 nitrogen and oxygen atoms in total. The third kappa shape index (κ3) is 2.37. The van der Waals surface area contributed by atoms with Crippen LogP contribution < -0.4 is 0 Å². The Balaban J connectivity index is 3.10. The summed E-state index contributed by atoms with van der Waals surface area (Å²) < 4.78 is 0. The molecule has 0 aromatic rings. The zero-order valence-corrected chi connectivity index (χ0v) is 9.55. The highest BCUT2D eigenvalue weighted by atomic mass is 15.1. The highest BCUT2D eigenvalue weighted by Gasteiger charge is 2.14. The van der Waals surface area contributed by atoms with Gasteiger partial charge in [-0.2, -0.15) is 0 Å². The van der Waals surface area contributed by atoms with Crippen molar-refractivity contribution in [3.05, 3.63) is 11.3 Å². The number of nitrogens with zero attached hydrogens (tertiary/aromatic N) is 3. The number of aliphatic imine (C=N–C) groups is 3. The minimum absolute atomic E-state index is 0.766. The van der Waals surface area contributed by atoms with Gasteiger partial charge >= 0.3 is 0 Å². The minimum Gasteiger partial charge on any atom is -0.237 e. The average Bonchev–Trinajstić information content (AvgIpc) is 2.44. The molecule has 0 unspecified atom stereocenters. The number of amidine groups is 2. The Labute approximate surface area is 85.4 Å². The molecule has 0 aromatic carbocycles. The first kappa shape index (κ1) is 10.8. The third-order valence-corrected chi connectivity index (χ3v) is 2.02. The first-order chi connectivity index (χ1) is 6.54. The average molecular weight is 191 g/mol. The quantitative estimate of drug-likeness (QED) is 0.571.